The van der Waals surface area contributed by atoms with E-state index >= 15 is 0 Å². The molecule has 8 heteroatoms. The molecule has 0 unspecified atom stereocenters. The Bertz CT molecular complexity index is 522. The first kappa shape index (κ1) is 14.6. The number of nitrogens with two attached hydrogens (primary N) is 1. The zero-order chi connectivity index (χ0) is 15.2. The Balaban J connectivity index is 2.46. The third-order valence-corrected chi connectivity index (χ3v) is 3.41. The highest BCUT2D eigenvalue weighted by Gasteiger charge is 2.67. The highest BCUT2D eigenvalue weighted by Crippen LogP contribution is 2.46. The van der Waals surface area contributed by atoms with Crippen molar-refractivity contribution in [1.29, 1.82) is 0 Å². The van der Waals surface area contributed by atoms with E-state index in [0.29, 0.717) is 5.56 Å². The van der Waals surface area contributed by atoms with Gasteiger partial charge in [0.15, 0.2) is 0 Å². The van der Waals surface area contributed by atoms with Crippen LogP contribution in [0.2, 0.25) is 0 Å². The lowest BCUT2D eigenvalue weighted by molar-refractivity contribution is -0.299. The molecule has 1 aromatic carbocycles. The molecule has 0 aromatic heterocycles. The van der Waals surface area contributed by atoms with E-state index in [0.717, 1.165) is 0 Å². The lowest BCUT2D eigenvalue weighted by atomic mass is 9.86. The van der Waals surface area contributed by atoms with E-state index in [1.807, 2.05) is 0 Å². The van der Waals surface area contributed by atoms with E-state index < -0.39 is 29.9 Å². The maximum atomic E-state index is 13.1. The van der Waals surface area contributed by atoms with Gasteiger partial charge in [0.1, 0.15) is 0 Å². The predicted molar refractivity (Wildman–Crippen MR) is 64.0 cm³/mol. The molecule has 0 saturated carbocycles. The Labute approximate surface area is 113 Å². The van der Waals surface area contributed by atoms with Gasteiger partial charge >= 0.3 is 12.2 Å². The largest absolute Gasteiger partial charge is 0.438 e. The number of amides is 2. The van der Waals surface area contributed by atoms with Crippen LogP contribution in [0.4, 0.5) is 18.0 Å². The summed E-state index contributed by atoms with van der Waals surface area (Å²) in [7, 11) is 0. The predicted octanol–water partition coefficient (Wildman–Crippen LogP) is 1.44. The Kier molecular flexibility index (Phi) is 3.18. The van der Waals surface area contributed by atoms with Crippen molar-refractivity contribution in [2.24, 2.45) is 5.73 Å². The van der Waals surface area contributed by atoms with Gasteiger partial charge < -0.3 is 10.8 Å². The van der Waals surface area contributed by atoms with Crippen LogP contribution in [-0.4, -0.2) is 28.0 Å². The number of nitrogens with one attached hydrogen (secondary N) is 1. The van der Waals surface area contributed by atoms with E-state index in [2.05, 4.69) is 5.43 Å². The first-order valence-electron chi connectivity index (χ1n) is 5.82. The summed E-state index contributed by atoms with van der Waals surface area (Å²) in [5, 5.41) is 9.93. The number of rotatable bonds is 1. The van der Waals surface area contributed by atoms with Crippen molar-refractivity contribution in [2.45, 2.75) is 30.8 Å². The fourth-order valence-electron chi connectivity index (χ4n) is 2.39. The number of urea groups is 1. The van der Waals surface area contributed by atoms with Gasteiger partial charge in [-0.15, -0.1) is 0 Å². The number of carbonyl (C=O) groups is 1. The van der Waals surface area contributed by atoms with E-state index in [1.54, 1.807) is 30.3 Å². The quantitative estimate of drug-likeness (QED) is 0.732. The van der Waals surface area contributed by atoms with Gasteiger partial charge in [-0.2, -0.15) is 13.2 Å². The number of primary amides is 1. The first-order chi connectivity index (χ1) is 9.10. The molecule has 0 bridgehead atoms. The third-order valence-electron chi connectivity index (χ3n) is 3.41. The number of carbonyl (C=O) groups excluding carboxylic acids is 1. The fourth-order valence-corrected chi connectivity index (χ4v) is 2.39. The molecule has 2 atom stereocenters. The highest BCUT2D eigenvalue weighted by atomic mass is 19.4. The second kappa shape index (κ2) is 4.35. The second-order valence-electron chi connectivity index (χ2n) is 4.97. The standard InChI is InChI=1S/C12H14F3N3O2/c1-10(8-5-3-2-4-6-8)7-11(20,12(13,14)15)18(17-10)9(16)19/h2-6,17,20H,7H2,1H3,(H2,16,19)/t10-,11-/m0/s1. The number of benzene rings is 1. The lowest BCUT2D eigenvalue weighted by Gasteiger charge is -2.32. The van der Waals surface area contributed by atoms with E-state index in [4.69, 9.17) is 5.73 Å². The van der Waals surface area contributed by atoms with Crippen LogP contribution in [-0.2, 0) is 5.54 Å². The molecule has 4 N–H and O–H groups in total. The number of hydrazine groups is 1. The van der Waals surface area contributed by atoms with Crippen molar-refractivity contribution in [3.8, 4) is 0 Å². The van der Waals surface area contributed by atoms with E-state index in [9.17, 15) is 23.1 Å². The highest BCUT2D eigenvalue weighted by molar-refractivity contribution is 5.73. The van der Waals surface area contributed by atoms with Crippen LogP contribution < -0.4 is 11.2 Å². The van der Waals surface area contributed by atoms with Gasteiger partial charge in [0.2, 0.25) is 0 Å². The molecule has 1 aliphatic heterocycles. The first-order valence-corrected chi connectivity index (χ1v) is 5.82. The number of hydrogen-bond acceptors (Lipinski definition) is 3. The van der Waals surface area contributed by atoms with E-state index in [-0.39, 0.29) is 5.01 Å². The van der Waals surface area contributed by atoms with Crippen molar-refractivity contribution >= 4 is 6.03 Å². The molecule has 0 aliphatic carbocycles. The monoisotopic (exact) mass is 289 g/mol. The topological polar surface area (TPSA) is 78.6 Å². The third kappa shape index (κ3) is 2.10. The maximum absolute atomic E-state index is 13.1. The van der Waals surface area contributed by atoms with Crippen LogP contribution in [0.25, 0.3) is 0 Å². The molecule has 5 nitrogen and oxygen atoms in total. The average molecular weight is 289 g/mol. The maximum Gasteiger partial charge on any atom is 0.438 e. The summed E-state index contributed by atoms with van der Waals surface area (Å²) >= 11 is 0. The van der Waals surface area contributed by atoms with Crippen molar-refractivity contribution in [3.05, 3.63) is 35.9 Å². The number of halogens is 3. The summed E-state index contributed by atoms with van der Waals surface area (Å²) in [6.07, 6.45) is -5.78. The van der Waals surface area contributed by atoms with Crippen molar-refractivity contribution < 1.29 is 23.1 Å². The molecule has 2 rings (SSSR count). The van der Waals surface area contributed by atoms with Gasteiger partial charge in [0.05, 0.1) is 5.54 Å². The summed E-state index contributed by atoms with van der Waals surface area (Å²) < 4.78 is 39.2. The van der Waals surface area contributed by atoms with Crippen LogP contribution in [0.15, 0.2) is 30.3 Å². The number of hydrogen-bond donors (Lipinski definition) is 3. The summed E-state index contributed by atoms with van der Waals surface area (Å²) in [4.78, 5) is 11.2. The molecular formula is C12H14F3N3O2. The fraction of sp³-hybridized carbons (Fsp3) is 0.417. The van der Waals surface area contributed by atoms with Crippen molar-refractivity contribution in [3.63, 3.8) is 0 Å². The minimum Gasteiger partial charge on any atom is -0.362 e. The number of aliphatic hydroxyl groups is 1. The van der Waals surface area contributed by atoms with Crippen LogP contribution in [0.1, 0.15) is 18.9 Å². The zero-order valence-electron chi connectivity index (χ0n) is 10.6. The molecule has 1 aliphatic rings. The van der Waals surface area contributed by atoms with Crippen molar-refractivity contribution in [1.82, 2.24) is 10.4 Å². The summed E-state index contributed by atoms with van der Waals surface area (Å²) in [6, 6.07) is 6.83. The van der Waals surface area contributed by atoms with Crippen molar-refractivity contribution in [2.75, 3.05) is 0 Å². The summed E-state index contributed by atoms with van der Waals surface area (Å²) in [6.45, 7) is 1.46. The minimum atomic E-state index is -5.03. The lowest BCUT2D eigenvalue weighted by Crippen LogP contribution is -2.61. The molecule has 110 valence electrons. The molecule has 1 saturated heterocycles. The Morgan fingerprint density at radius 1 is 1.40 bits per heavy atom. The van der Waals surface area contributed by atoms with Gasteiger partial charge in [0, 0.05) is 6.42 Å². The molecule has 1 aromatic rings. The number of alkyl halides is 3. The van der Waals surface area contributed by atoms with Crippen LogP contribution in [0.5, 0.6) is 0 Å². The minimum absolute atomic E-state index is 0.0417. The van der Waals surface area contributed by atoms with Crippen LogP contribution >= 0.6 is 0 Å². The summed E-state index contributed by atoms with van der Waals surface area (Å²) in [5.41, 5.74) is 3.20. The molecule has 20 heavy (non-hydrogen) atoms. The average Bonchev–Trinajstić information content (AvgIpc) is 2.65. The molecule has 2 amide bonds. The molecule has 1 fully saturated rings. The van der Waals surface area contributed by atoms with Gasteiger partial charge in [-0.3, -0.25) is 0 Å². The second-order valence-corrected chi connectivity index (χ2v) is 4.97. The molecule has 1 heterocycles. The normalized spacial score (nSPS) is 30.6. The molecular weight excluding hydrogens is 275 g/mol. The van der Waals surface area contributed by atoms with Gasteiger partial charge in [0.25, 0.3) is 5.72 Å². The van der Waals surface area contributed by atoms with Crippen LogP contribution in [0, 0.1) is 0 Å². The number of nitrogens with zero attached hydrogens (tertiary/aromatic N) is 1. The van der Waals surface area contributed by atoms with Gasteiger partial charge in [-0.25, -0.2) is 15.2 Å². The SMILES string of the molecule is C[C@@]1(c2ccccc2)C[C@](O)(C(F)(F)F)N(C(N)=O)N1. The zero-order valence-corrected chi connectivity index (χ0v) is 10.6. The van der Waals surface area contributed by atoms with Gasteiger partial charge in [-0.1, -0.05) is 30.3 Å². The Hall–Kier alpha value is -1.80. The smallest absolute Gasteiger partial charge is 0.362 e. The Morgan fingerprint density at radius 3 is 2.35 bits per heavy atom. The summed E-state index contributed by atoms with van der Waals surface area (Å²) in [5.74, 6) is 0. The van der Waals surface area contributed by atoms with Crippen LogP contribution in [0.3, 0.4) is 0 Å². The van der Waals surface area contributed by atoms with E-state index in [1.165, 1.54) is 6.92 Å². The molecule has 0 radical (unpaired) electrons. The molecule has 0 spiro atoms. The van der Waals surface area contributed by atoms with Gasteiger partial charge in [-0.05, 0) is 12.5 Å². The Morgan fingerprint density at radius 2 is 1.95 bits per heavy atom.